The van der Waals surface area contributed by atoms with Crippen molar-refractivity contribution < 1.29 is 17.9 Å². The van der Waals surface area contributed by atoms with Crippen LogP contribution in [-0.2, 0) is 14.6 Å². The second kappa shape index (κ2) is 4.48. The van der Waals surface area contributed by atoms with E-state index in [-0.39, 0.29) is 16.9 Å². The van der Waals surface area contributed by atoms with Crippen LogP contribution in [0.15, 0.2) is 0 Å². The van der Waals surface area contributed by atoms with E-state index in [2.05, 4.69) is 5.32 Å². The Morgan fingerprint density at radius 3 is 2.29 bits per heavy atom. The van der Waals surface area contributed by atoms with Crippen molar-refractivity contribution >= 4 is 15.9 Å². The molecule has 0 aromatic rings. The normalized spacial score (nSPS) is 21.4. The van der Waals surface area contributed by atoms with Gasteiger partial charge in [0.05, 0.1) is 11.5 Å². The van der Waals surface area contributed by atoms with Gasteiger partial charge in [0.25, 0.3) is 0 Å². The molecule has 1 N–H and O–H groups in total. The smallest absolute Gasteiger partial charge is 0.407 e. The quantitative estimate of drug-likeness (QED) is 0.834. The molecule has 0 spiro atoms. The maximum absolute atomic E-state index is 11.3. The molecule has 0 unspecified atom stereocenters. The van der Waals surface area contributed by atoms with Crippen molar-refractivity contribution in [2.45, 2.75) is 39.7 Å². The molecule has 0 aromatic heterocycles. The van der Waals surface area contributed by atoms with E-state index < -0.39 is 21.5 Å². The number of carbonyl (C=O) groups is 1. The predicted octanol–water partition coefficient (Wildman–Crippen LogP) is 1.34. The third-order valence-corrected chi connectivity index (χ3v) is 4.81. The number of rotatable bonds is 3. The highest BCUT2D eigenvalue weighted by Gasteiger charge is 2.43. The molecule has 5 nitrogen and oxygen atoms in total. The Hall–Kier alpha value is -0.780. The molecule has 0 saturated carbocycles. The maximum atomic E-state index is 11.3. The number of amides is 1. The number of sulfone groups is 1. The van der Waals surface area contributed by atoms with Crippen molar-refractivity contribution in [3.63, 3.8) is 0 Å². The zero-order valence-corrected chi connectivity index (χ0v) is 11.7. The van der Waals surface area contributed by atoms with Gasteiger partial charge in [0.1, 0.15) is 5.60 Å². The minimum atomic E-state index is -2.81. The number of alkyl carbamates (subject to hydrolysis) is 1. The summed E-state index contributed by atoms with van der Waals surface area (Å²) in [7, 11) is -2.81. The molecule has 100 valence electrons. The lowest BCUT2D eigenvalue weighted by atomic mass is 9.90. The van der Waals surface area contributed by atoms with Crippen LogP contribution in [0.25, 0.3) is 0 Å². The van der Waals surface area contributed by atoms with Crippen LogP contribution in [0.4, 0.5) is 4.79 Å². The van der Waals surface area contributed by atoms with Gasteiger partial charge in [-0.3, -0.25) is 0 Å². The average Bonchev–Trinajstić information content (AvgIpc) is 1.95. The molecular formula is C11H21NO4S. The van der Waals surface area contributed by atoms with E-state index in [0.717, 1.165) is 0 Å². The molecule has 1 rings (SSSR count). The van der Waals surface area contributed by atoms with Crippen molar-refractivity contribution in [3.05, 3.63) is 0 Å². The van der Waals surface area contributed by atoms with Gasteiger partial charge in [0.2, 0.25) is 0 Å². The first-order chi connectivity index (χ1) is 7.52. The van der Waals surface area contributed by atoms with E-state index in [9.17, 15) is 13.2 Å². The molecule has 1 aliphatic heterocycles. The maximum Gasteiger partial charge on any atom is 0.407 e. The summed E-state index contributed by atoms with van der Waals surface area (Å²) >= 11 is 0. The Morgan fingerprint density at radius 1 is 1.35 bits per heavy atom. The summed E-state index contributed by atoms with van der Waals surface area (Å²) in [4.78, 5) is 11.3. The van der Waals surface area contributed by atoms with Gasteiger partial charge in [-0.15, -0.1) is 0 Å². The van der Waals surface area contributed by atoms with E-state index in [4.69, 9.17) is 4.74 Å². The van der Waals surface area contributed by atoms with Gasteiger partial charge in [-0.1, -0.05) is 6.92 Å². The fourth-order valence-corrected chi connectivity index (χ4v) is 4.27. The first-order valence-electron chi connectivity index (χ1n) is 5.69. The Kier molecular flexibility index (Phi) is 3.76. The lowest BCUT2D eigenvalue weighted by Crippen LogP contribution is -2.48. The van der Waals surface area contributed by atoms with E-state index in [0.29, 0.717) is 13.0 Å². The molecule has 6 heteroatoms. The third-order valence-electron chi connectivity index (χ3n) is 2.53. The van der Waals surface area contributed by atoms with Crippen molar-refractivity contribution in [1.29, 1.82) is 0 Å². The molecule has 1 heterocycles. The Morgan fingerprint density at radius 2 is 1.88 bits per heavy atom. The Bertz CT molecular complexity index is 382. The average molecular weight is 263 g/mol. The molecule has 17 heavy (non-hydrogen) atoms. The third kappa shape index (κ3) is 4.93. The zero-order valence-electron chi connectivity index (χ0n) is 10.9. The van der Waals surface area contributed by atoms with E-state index >= 15 is 0 Å². The van der Waals surface area contributed by atoms with Crippen LogP contribution in [0.5, 0.6) is 0 Å². The monoisotopic (exact) mass is 263 g/mol. The number of nitrogens with one attached hydrogen (secondary N) is 1. The highest BCUT2D eigenvalue weighted by molar-refractivity contribution is 7.92. The standard InChI is InChI=1S/C11H21NO4S/c1-10(2,3)16-9(13)12-6-5-11(4)7-17(14,15)8-11/h5-8H2,1-4H3,(H,12,13). The molecule has 1 saturated heterocycles. The molecule has 0 bridgehead atoms. The minimum Gasteiger partial charge on any atom is -0.444 e. The van der Waals surface area contributed by atoms with Crippen LogP contribution in [0.2, 0.25) is 0 Å². The summed E-state index contributed by atoms with van der Waals surface area (Å²) in [5.74, 6) is 0.437. The zero-order chi connectivity index (χ0) is 13.3. The van der Waals surface area contributed by atoms with E-state index in [1.807, 2.05) is 6.92 Å². The van der Waals surface area contributed by atoms with Crippen molar-refractivity contribution in [2.75, 3.05) is 18.1 Å². The summed E-state index contributed by atoms with van der Waals surface area (Å²) in [6.07, 6.45) is 0.203. The van der Waals surface area contributed by atoms with Gasteiger partial charge in [0.15, 0.2) is 9.84 Å². The van der Waals surface area contributed by atoms with Crippen LogP contribution >= 0.6 is 0 Å². The molecule has 1 amide bonds. The lowest BCUT2D eigenvalue weighted by Gasteiger charge is -2.37. The van der Waals surface area contributed by atoms with Gasteiger partial charge in [-0.05, 0) is 32.6 Å². The van der Waals surface area contributed by atoms with Crippen molar-refractivity contribution in [3.8, 4) is 0 Å². The fraction of sp³-hybridized carbons (Fsp3) is 0.909. The van der Waals surface area contributed by atoms with Gasteiger partial charge in [-0.25, -0.2) is 13.2 Å². The van der Waals surface area contributed by atoms with Gasteiger partial charge in [-0.2, -0.15) is 0 Å². The molecule has 1 aliphatic rings. The predicted molar refractivity (Wildman–Crippen MR) is 65.6 cm³/mol. The minimum absolute atomic E-state index is 0.187. The summed E-state index contributed by atoms with van der Waals surface area (Å²) in [6.45, 7) is 7.76. The van der Waals surface area contributed by atoms with Crippen molar-refractivity contribution in [2.24, 2.45) is 5.41 Å². The second-order valence-electron chi connectivity index (χ2n) is 6.02. The van der Waals surface area contributed by atoms with Crippen LogP contribution in [0.3, 0.4) is 0 Å². The number of carbonyl (C=O) groups excluding carboxylic acids is 1. The Labute approximate surface area is 103 Å². The van der Waals surface area contributed by atoms with E-state index in [1.54, 1.807) is 20.8 Å². The van der Waals surface area contributed by atoms with Gasteiger partial charge >= 0.3 is 6.09 Å². The number of hydrogen-bond donors (Lipinski definition) is 1. The first-order valence-corrected chi connectivity index (χ1v) is 7.51. The molecule has 0 aromatic carbocycles. The van der Waals surface area contributed by atoms with Gasteiger partial charge in [0, 0.05) is 6.54 Å². The SMILES string of the molecule is CC1(CCNC(=O)OC(C)(C)C)CS(=O)(=O)C1. The topological polar surface area (TPSA) is 72.5 Å². The first kappa shape index (κ1) is 14.3. The van der Waals surface area contributed by atoms with Crippen LogP contribution < -0.4 is 5.32 Å². The van der Waals surface area contributed by atoms with E-state index in [1.165, 1.54) is 0 Å². The summed E-state index contributed by atoms with van der Waals surface area (Å²) < 4.78 is 27.2. The second-order valence-corrected chi connectivity index (χ2v) is 8.09. The highest BCUT2D eigenvalue weighted by atomic mass is 32.2. The molecule has 0 radical (unpaired) electrons. The summed E-state index contributed by atoms with van der Waals surface area (Å²) in [6, 6.07) is 0. The molecule has 1 fully saturated rings. The lowest BCUT2D eigenvalue weighted by molar-refractivity contribution is 0.0522. The highest BCUT2D eigenvalue weighted by Crippen LogP contribution is 2.35. The molecule has 0 aliphatic carbocycles. The summed E-state index contributed by atoms with van der Waals surface area (Å²) in [5.41, 5.74) is -0.693. The molecular weight excluding hydrogens is 242 g/mol. The number of hydrogen-bond acceptors (Lipinski definition) is 4. The molecule has 0 atom stereocenters. The largest absolute Gasteiger partial charge is 0.444 e. The number of ether oxygens (including phenoxy) is 1. The van der Waals surface area contributed by atoms with Crippen LogP contribution in [0.1, 0.15) is 34.1 Å². The van der Waals surface area contributed by atoms with Crippen LogP contribution in [0, 0.1) is 5.41 Å². The van der Waals surface area contributed by atoms with Gasteiger partial charge < -0.3 is 10.1 Å². The fourth-order valence-electron chi connectivity index (χ4n) is 1.94. The van der Waals surface area contributed by atoms with Crippen molar-refractivity contribution in [1.82, 2.24) is 5.32 Å². The Balaban J connectivity index is 2.23. The summed E-state index contributed by atoms with van der Waals surface area (Å²) in [5, 5.41) is 2.63. The van der Waals surface area contributed by atoms with Crippen LogP contribution in [-0.4, -0.2) is 38.2 Å².